The second-order valence-electron chi connectivity index (χ2n) is 6.48. The Morgan fingerprint density at radius 3 is 2.92 bits per heavy atom. The molecule has 126 valence electrons. The molecular formula is C18H20ClN3O2. The van der Waals surface area contributed by atoms with Crippen molar-refractivity contribution in [3.05, 3.63) is 29.4 Å². The summed E-state index contributed by atoms with van der Waals surface area (Å²) in [5, 5.41) is 6.28. The van der Waals surface area contributed by atoms with Crippen LogP contribution in [0.5, 0.6) is 0 Å². The number of ether oxygens (including phenoxy) is 1. The SMILES string of the molecule is COC(=O)C1CCCN1c1ncc(NC2CC2)c2cc(Cl)ccc12. The van der Waals surface area contributed by atoms with Gasteiger partial charge in [0.05, 0.1) is 19.0 Å². The van der Waals surface area contributed by atoms with Crippen molar-refractivity contribution in [2.45, 2.75) is 37.8 Å². The first-order valence-electron chi connectivity index (χ1n) is 8.36. The number of nitrogens with zero attached hydrogens (tertiary/aromatic N) is 2. The van der Waals surface area contributed by atoms with Gasteiger partial charge in [-0.2, -0.15) is 0 Å². The van der Waals surface area contributed by atoms with E-state index in [1.165, 1.54) is 20.0 Å². The highest BCUT2D eigenvalue weighted by Gasteiger charge is 2.33. The number of carbonyl (C=O) groups excluding carboxylic acids is 1. The summed E-state index contributed by atoms with van der Waals surface area (Å²) in [6, 6.07) is 6.11. The summed E-state index contributed by atoms with van der Waals surface area (Å²) in [5.74, 6) is 0.632. The second kappa shape index (κ2) is 6.13. The summed E-state index contributed by atoms with van der Waals surface area (Å²) in [7, 11) is 1.44. The number of nitrogens with one attached hydrogen (secondary N) is 1. The number of anilines is 2. The van der Waals surface area contributed by atoms with E-state index in [0.29, 0.717) is 11.1 Å². The lowest BCUT2D eigenvalue weighted by atomic mass is 10.1. The number of fused-ring (bicyclic) bond motifs is 1. The topological polar surface area (TPSA) is 54.5 Å². The molecule has 1 aliphatic carbocycles. The van der Waals surface area contributed by atoms with Gasteiger partial charge in [0.25, 0.3) is 0 Å². The Hall–Kier alpha value is -2.01. The fourth-order valence-electron chi connectivity index (χ4n) is 3.39. The number of carbonyl (C=O) groups is 1. The molecule has 2 aromatic rings. The molecule has 0 spiro atoms. The zero-order valence-corrected chi connectivity index (χ0v) is 14.3. The molecule has 1 atom stereocenters. The molecule has 1 aromatic heterocycles. The van der Waals surface area contributed by atoms with Crippen LogP contribution in [0.15, 0.2) is 24.4 Å². The smallest absolute Gasteiger partial charge is 0.328 e. The Labute approximate surface area is 145 Å². The number of methoxy groups -OCH3 is 1. The fraction of sp³-hybridized carbons (Fsp3) is 0.444. The lowest BCUT2D eigenvalue weighted by Crippen LogP contribution is -2.37. The van der Waals surface area contributed by atoms with Gasteiger partial charge in [0.1, 0.15) is 11.9 Å². The highest BCUT2D eigenvalue weighted by Crippen LogP contribution is 2.37. The highest BCUT2D eigenvalue weighted by atomic mass is 35.5. The molecular weight excluding hydrogens is 326 g/mol. The number of rotatable bonds is 4. The Kier molecular flexibility index (Phi) is 3.96. The van der Waals surface area contributed by atoms with E-state index in [1.807, 2.05) is 24.4 Å². The molecule has 1 N–H and O–H groups in total. The molecule has 2 heterocycles. The van der Waals surface area contributed by atoms with Crippen LogP contribution in [-0.4, -0.2) is 36.7 Å². The van der Waals surface area contributed by atoms with Crippen LogP contribution in [-0.2, 0) is 9.53 Å². The Balaban J connectivity index is 1.79. The van der Waals surface area contributed by atoms with Crippen LogP contribution in [0, 0.1) is 0 Å². The van der Waals surface area contributed by atoms with Gasteiger partial charge < -0.3 is 15.0 Å². The van der Waals surface area contributed by atoms with E-state index in [0.717, 1.165) is 41.7 Å². The van der Waals surface area contributed by atoms with E-state index in [4.69, 9.17) is 16.3 Å². The quantitative estimate of drug-likeness (QED) is 0.858. The lowest BCUT2D eigenvalue weighted by molar-refractivity contribution is -0.141. The average molecular weight is 346 g/mol. The van der Waals surface area contributed by atoms with Gasteiger partial charge >= 0.3 is 5.97 Å². The van der Waals surface area contributed by atoms with Crippen LogP contribution in [0.4, 0.5) is 11.5 Å². The molecule has 1 aliphatic heterocycles. The molecule has 1 unspecified atom stereocenters. The van der Waals surface area contributed by atoms with Crippen molar-refractivity contribution in [1.29, 1.82) is 0 Å². The third-order valence-corrected chi connectivity index (χ3v) is 5.00. The van der Waals surface area contributed by atoms with Crippen molar-refractivity contribution < 1.29 is 9.53 Å². The van der Waals surface area contributed by atoms with Gasteiger partial charge in [-0.3, -0.25) is 0 Å². The molecule has 1 aromatic carbocycles. The van der Waals surface area contributed by atoms with Crippen LogP contribution in [0.3, 0.4) is 0 Å². The van der Waals surface area contributed by atoms with E-state index in [1.54, 1.807) is 0 Å². The number of pyridine rings is 1. The molecule has 6 heteroatoms. The predicted octanol–water partition coefficient (Wildman–Crippen LogP) is 3.60. The van der Waals surface area contributed by atoms with E-state index >= 15 is 0 Å². The molecule has 24 heavy (non-hydrogen) atoms. The maximum atomic E-state index is 12.1. The molecule has 5 nitrogen and oxygen atoms in total. The van der Waals surface area contributed by atoms with Gasteiger partial charge in [-0.05, 0) is 43.9 Å². The Morgan fingerprint density at radius 2 is 2.17 bits per heavy atom. The van der Waals surface area contributed by atoms with E-state index in [2.05, 4.69) is 15.2 Å². The number of esters is 1. The van der Waals surface area contributed by atoms with Gasteiger partial charge in [0, 0.05) is 28.4 Å². The summed E-state index contributed by atoms with van der Waals surface area (Å²) in [5.41, 5.74) is 1.01. The molecule has 0 amide bonds. The fourth-order valence-corrected chi connectivity index (χ4v) is 3.56. The largest absolute Gasteiger partial charge is 0.467 e. The summed E-state index contributed by atoms with van der Waals surface area (Å²) in [4.78, 5) is 18.8. The minimum atomic E-state index is -0.261. The lowest BCUT2D eigenvalue weighted by Gasteiger charge is -2.25. The Bertz CT molecular complexity index is 791. The van der Waals surface area contributed by atoms with Gasteiger partial charge in [-0.15, -0.1) is 0 Å². The maximum absolute atomic E-state index is 12.1. The predicted molar refractivity (Wildman–Crippen MR) is 95.8 cm³/mol. The van der Waals surface area contributed by atoms with Crippen LogP contribution < -0.4 is 10.2 Å². The first-order valence-corrected chi connectivity index (χ1v) is 8.74. The van der Waals surface area contributed by atoms with Crippen molar-refractivity contribution in [3.8, 4) is 0 Å². The molecule has 2 fully saturated rings. The molecule has 1 saturated carbocycles. The zero-order chi connectivity index (χ0) is 16.7. The van der Waals surface area contributed by atoms with Crippen molar-refractivity contribution >= 4 is 39.8 Å². The van der Waals surface area contributed by atoms with Gasteiger partial charge in [0.2, 0.25) is 0 Å². The number of hydrogen-bond donors (Lipinski definition) is 1. The van der Waals surface area contributed by atoms with Crippen molar-refractivity contribution in [2.75, 3.05) is 23.9 Å². The number of halogens is 1. The van der Waals surface area contributed by atoms with Gasteiger partial charge in [-0.25, -0.2) is 9.78 Å². The van der Waals surface area contributed by atoms with Gasteiger partial charge in [-0.1, -0.05) is 11.6 Å². The van der Waals surface area contributed by atoms with Crippen molar-refractivity contribution in [2.24, 2.45) is 0 Å². The normalized spacial score (nSPS) is 20.4. The summed E-state index contributed by atoms with van der Waals surface area (Å²) in [6.07, 6.45) is 6.00. The zero-order valence-electron chi connectivity index (χ0n) is 13.6. The first kappa shape index (κ1) is 15.5. The average Bonchev–Trinajstić information content (AvgIpc) is 3.27. The number of aromatic nitrogens is 1. The van der Waals surface area contributed by atoms with Gasteiger partial charge in [0.15, 0.2) is 0 Å². The highest BCUT2D eigenvalue weighted by molar-refractivity contribution is 6.31. The number of benzene rings is 1. The Morgan fingerprint density at radius 1 is 1.33 bits per heavy atom. The third kappa shape index (κ3) is 2.77. The van der Waals surface area contributed by atoms with Crippen LogP contribution in [0.2, 0.25) is 5.02 Å². The van der Waals surface area contributed by atoms with E-state index in [-0.39, 0.29) is 12.0 Å². The standard InChI is InChI=1S/C18H20ClN3O2/c1-24-18(23)16-3-2-8-22(16)17-13-7-4-11(19)9-14(13)15(10-20-17)21-12-5-6-12/h4,7,9-10,12,16,21H,2-3,5-6,8H2,1H3. The molecule has 4 rings (SSSR count). The summed E-state index contributed by atoms with van der Waals surface area (Å²) < 4.78 is 4.96. The maximum Gasteiger partial charge on any atom is 0.328 e. The number of hydrogen-bond acceptors (Lipinski definition) is 5. The molecule has 1 saturated heterocycles. The van der Waals surface area contributed by atoms with Crippen molar-refractivity contribution in [3.63, 3.8) is 0 Å². The second-order valence-corrected chi connectivity index (χ2v) is 6.92. The summed E-state index contributed by atoms with van der Waals surface area (Å²) in [6.45, 7) is 0.805. The monoisotopic (exact) mass is 345 g/mol. The molecule has 2 aliphatic rings. The molecule has 0 bridgehead atoms. The van der Waals surface area contributed by atoms with Crippen LogP contribution >= 0.6 is 11.6 Å². The third-order valence-electron chi connectivity index (χ3n) is 4.76. The van der Waals surface area contributed by atoms with E-state index < -0.39 is 0 Å². The van der Waals surface area contributed by atoms with Crippen LogP contribution in [0.25, 0.3) is 10.8 Å². The van der Waals surface area contributed by atoms with Crippen molar-refractivity contribution in [1.82, 2.24) is 4.98 Å². The summed E-state index contributed by atoms with van der Waals surface area (Å²) >= 11 is 6.22. The molecule has 0 radical (unpaired) electrons. The van der Waals surface area contributed by atoms with Crippen LogP contribution in [0.1, 0.15) is 25.7 Å². The minimum absolute atomic E-state index is 0.198. The first-order chi connectivity index (χ1) is 11.7. The van der Waals surface area contributed by atoms with E-state index in [9.17, 15) is 4.79 Å². The minimum Gasteiger partial charge on any atom is -0.467 e.